The highest BCUT2D eigenvalue weighted by Crippen LogP contribution is 2.33. The van der Waals surface area contributed by atoms with Crippen LogP contribution in [0.4, 0.5) is 0 Å². The Labute approximate surface area is 159 Å². The van der Waals surface area contributed by atoms with Crippen molar-refractivity contribution in [3.05, 3.63) is 29.5 Å². The molecule has 0 unspecified atom stereocenters. The second-order valence-corrected chi connectivity index (χ2v) is 9.27. The molecule has 1 aromatic heterocycles. The first-order valence-corrected chi connectivity index (χ1v) is 11.3. The van der Waals surface area contributed by atoms with Gasteiger partial charge >= 0.3 is 5.97 Å². The van der Waals surface area contributed by atoms with E-state index < -0.39 is 22.0 Å². The number of esters is 1. The lowest BCUT2D eigenvalue weighted by molar-refractivity contribution is -0.148. The number of fused-ring (bicyclic) bond motifs is 3. The molecule has 0 radical (unpaired) electrons. The molecule has 2 heterocycles. The van der Waals surface area contributed by atoms with Crippen molar-refractivity contribution in [3.8, 4) is 0 Å². The molecule has 0 saturated carbocycles. The van der Waals surface area contributed by atoms with Crippen LogP contribution in [0.2, 0.25) is 0 Å². The molecule has 7 heteroatoms. The molecule has 27 heavy (non-hydrogen) atoms. The number of sulfonamides is 1. The lowest BCUT2D eigenvalue weighted by Gasteiger charge is -2.33. The summed E-state index contributed by atoms with van der Waals surface area (Å²) in [5.41, 5.74) is 3.46. The highest BCUT2D eigenvalue weighted by molar-refractivity contribution is 7.89. The smallest absolute Gasteiger partial charge is 0.324 e. The van der Waals surface area contributed by atoms with Gasteiger partial charge in [-0.2, -0.15) is 4.31 Å². The van der Waals surface area contributed by atoms with Gasteiger partial charge in [-0.05, 0) is 75.6 Å². The Morgan fingerprint density at radius 2 is 2.04 bits per heavy atom. The van der Waals surface area contributed by atoms with Crippen LogP contribution in [0.15, 0.2) is 23.1 Å². The Bertz CT molecular complexity index is 964. The van der Waals surface area contributed by atoms with Crippen LogP contribution in [0, 0.1) is 0 Å². The number of hydrogen-bond acceptors (Lipinski definition) is 4. The highest BCUT2D eigenvalue weighted by atomic mass is 32.2. The molecule has 1 aromatic carbocycles. The first kappa shape index (κ1) is 18.5. The van der Waals surface area contributed by atoms with Crippen molar-refractivity contribution >= 4 is 26.9 Å². The molecule has 0 amide bonds. The first-order chi connectivity index (χ1) is 13.0. The van der Waals surface area contributed by atoms with Crippen molar-refractivity contribution in [1.29, 1.82) is 0 Å². The number of carbonyl (C=O) groups excluding carboxylic acids is 1. The molecule has 1 atom stereocenters. The Morgan fingerprint density at radius 1 is 1.22 bits per heavy atom. The average Bonchev–Trinajstić information content (AvgIpc) is 3.06. The van der Waals surface area contributed by atoms with Crippen molar-refractivity contribution in [2.75, 3.05) is 13.2 Å². The van der Waals surface area contributed by atoms with Crippen LogP contribution >= 0.6 is 0 Å². The van der Waals surface area contributed by atoms with Gasteiger partial charge in [0.05, 0.1) is 11.5 Å². The Kier molecular flexibility index (Phi) is 4.99. The van der Waals surface area contributed by atoms with Crippen molar-refractivity contribution in [3.63, 3.8) is 0 Å². The summed E-state index contributed by atoms with van der Waals surface area (Å²) in [6.45, 7) is 2.35. The van der Waals surface area contributed by atoms with Gasteiger partial charge in [-0.3, -0.25) is 4.79 Å². The van der Waals surface area contributed by atoms with Crippen molar-refractivity contribution < 1.29 is 17.9 Å². The number of nitrogens with one attached hydrogen (secondary N) is 1. The normalized spacial score (nSPS) is 21.1. The summed E-state index contributed by atoms with van der Waals surface area (Å²) in [5.74, 6) is -0.444. The number of piperidine rings is 1. The molecule has 2 aromatic rings. The molecule has 1 N–H and O–H groups in total. The number of benzene rings is 1. The van der Waals surface area contributed by atoms with Crippen LogP contribution in [0.5, 0.6) is 0 Å². The summed E-state index contributed by atoms with van der Waals surface area (Å²) in [4.78, 5) is 16.0. The zero-order valence-corrected chi connectivity index (χ0v) is 16.5. The quantitative estimate of drug-likeness (QED) is 0.814. The zero-order valence-electron chi connectivity index (χ0n) is 15.7. The van der Waals surface area contributed by atoms with Crippen LogP contribution in [-0.4, -0.2) is 42.9 Å². The third kappa shape index (κ3) is 3.27. The van der Waals surface area contributed by atoms with Gasteiger partial charge in [-0.15, -0.1) is 0 Å². The van der Waals surface area contributed by atoms with Crippen molar-refractivity contribution in [2.24, 2.45) is 0 Å². The number of aryl methyl sites for hydroxylation is 2. The van der Waals surface area contributed by atoms with Crippen LogP contribution < -0.4 is 0 Å². The number of nitrogens with zero attached hydrogens (tertiary/aromatic N) is 1. The fraction of sp³-hybridized carbons (Fsp3) is 0.550. The summed E-state index contributed by atoms with van der Waals surface area (Å²) in [6, 6.07) is 4.56. The zero-order chi connectivity index (χ0) is 19.0. The van der Waals surface area contributed by atoms with Crippen LogP contribution in [-0.2, 0) is 32.4 Å². The molecule has 0 spiro atoms. The van der Waals surface area contributed by atoms with Gasteiger partial charge in [0.1, 0.15) is 6.04 Å². The molecule has 146 valence electrons. The van der Waals surface area contributed by atoms with Gasteiger partial charge in [-0.25, -0.2) is 8.42 Å². The standard InChI is InChI=1S/C20H26N2O4S/c1-2-26-20(23)19-9-5-6-12-22(19)27(24,25)14-10-11-18-16(13-14)15-7-3-4-8-17(15)21-18/h10-11,13,19,21H,2-9,12H2,1H3/t19-/m0/s1. The Hall–Kier alpha value is -1.86. The molecule has 0 bridgehead atoms. The molecule has 1 aliphatic heterocycles. The third-order valence-electron chi connectivity index (χ3n) is 5.69. The molecular weight excluding hydrogens is 364 g/mol. The minimum absolute atomic E-state index is 0.255. The number of rotatable bonds is 4. The van der Waals surface area contributed by atoms with Gasteiger partial charge in [-0.1, -0.05) is 0 Å². The monoisotopic (exact) mass is 390 g/mol. The minimum atomic E-state index is -3.75. The summed E-state index contributed by atoms with van der Waals surface area (Å²) in [6.07, 6.45) is 6.40. The minimum Gasteiger partial charge on any atom is -0.465 e. The Morgan fingerprint density at radius 3 is 2.85 bits per heavy atom. The van der Waals surface area contributed by atoms with E-state index in [0.717, 1.165) is 43.0 Å². The van der Waals surface area contributed by atoms with Crippen LogP contribution in [0.25, 0.3) is 10.9 Å². The molecule has 1 saturated heterocycles. The molecule has 1 fully saturated rings. The summed E-state index contributed by atoms with van der Waals surface area (Å²) in [7, 11) is -3.75. The van der Waals surface area contributed by atoms with E-state index in [1.165, 1.54) is 22.0 Å². The van der Waals surface area contributed by atoms with E-state index in [2.05, 4.69) is 4.98 Å². The van der Waals surface area contributed by atoms with E-state index in [9.17, 15) is 13.2 Å². The number of H-pyrrole nitrogens is 1. The lowest BCUT2D eigenvalue weighted by atomic mass is 9.96. The van der Waals surface area contributed by atoms with Gasteiger partial charge < -0.3 is 9.72 Å². The first-order valence-electron chi connectivity index (χ1n) is 9.84. The lowest BCUT2D eigenvalue weighted by Crippen LogP contribution is -2.48. The van der Waals surface area contributed by atoms with Crippen molar-refractivity contribution in [2.45, 2.75) is 62.8 Å². The molecule has 2 aliphatic rings. The summed E-state index contributed by atoms with van der Waals surface area (Å²) < 4.78 is 33.2. The van der Waals surface area contributed by atoms with E-state index in [1.807, 2.05) is 6.07 Å². The number of hydrogen-bond donors (Lipinski definition) is 1. The average molecular weight is 391 g/mol. The molecule has 1 aliphatic carbocycles. The maximum absolute atomic E-state index is 13.3. The highest BCUT2D eigenvalue weighted by Gasteiger charge is 2.38. The Balaban J connectivity index is 1.73. The van der Waals surface area contributed by atoms with Gasteiger partial charge in [0.15, 0.2) is 0 Å². The van der Waals surface area contributed by atoms with E-state index in [4.69, 9.17) is 4.74 Å². The third-order valence-corrected chi connectivity index (χ3v) is 7.59. The van der Waals surface area contributed by atoms with E-state index in [-0.39, 0.29) is 11.5 Å². The predicted octanol–water partition coefficient (Wildman–Crippen LogP) is 3.15. The van der Waals surface area contributed by atoms with E-state index in [0.29, 0.717) is 13.0 Å². The second-order valence-electron chi connectivity index (χ2n) is 7.38. The summed E-state index contributed by atoms with van der Waals surface area (Å²) in [5, 5.41) is 0.996. The number of aromatic amines is 1. The fourth-order valence-electron chi connectivity index (χ4n) is 4.35. The molecule has 4 rings (SSSR count). The number of carbonyl (C=O) groups is 1. The van der Waals surface area contributed by atoms with E-state index in [1.54, 1.807) is 19.1 Å². The maximum Gasteiger partial charge on any atom is 0.324 e. The maximum atomic E-state index is 13.3. The SMILES string of the molecule is CCOC(=O)[C@@H]1CCCCN1S(=O)(=O)c1ccc2[nH]c3c(c2c1)CCCC3. The van der Waals surface area contributed by atoms with Gasteiger partial charge in [0.2, 0.25) is 10.0 Å². The fourth-order valence-corrected chi connectivity index (χ4v) is 6.02. The topological polar surface area (TPSA) is 79.5 Å². The van der Waals surface area contributed by atoms with Gasteiger partial charge in [0.25, 0.3) is 0 Å². The largest absolute Gasteiger partial charge is 0.465 e. The molecule has 6 nitrogen and oxygen atoms in total. The van der Waals surface area contributed by atoms with Crippen LogP contribution in [0.1, 0.15) is 50.3 Å². The predicted molar refractivity (Wildman–Crippen MR) is 103 cm³/mol. The number of ether oxygens (including phenoxy) is 1. The van der Waals surface area contributed by atoms with Crippen molar-refractivity contribution in [1.82, 2.24) is 9.29 Å². The van der Waals surface area contributed by atoms with E-state index >= 15 is 0 Å². The molecular formula is C20H26N2O4S. The van der Waals surface area contributed by atoms with Crippen LogP contribution in [0.3, 0.4) is 0 Å². The number of aromatic nitrogens is 1. The summed E-state index contributed by atoms with van der Waals surface area (Å²) >= 11 is 0. The van der Waals surface area contributed by atoms with Gasteiger partial charge in [0, 0.05) is 23.1 Å². The second kappa shape index (κ2) is 7.28.